The molecule has 0 unspecified atom stereocenters. The molecule has 0 bridgehead atoms. The van der Waals surface area contributed by atoms with Crippen molar-refractivity contribution in [3.63, 3.8) is 0 Å². The van der Waals surface area contributed by atoms with E-state index in [-0.39, 0.29) is 17.8 Å². The number of ether oxygens (including phenoxy) is 1. The number of anilines is 1. The Morgan fingerprint density at radius 3 is 2.25 bits per heavy atom. The molecule has 0 aliphatic carbocycles. The van der Waals surface area contributed by atoms with Gasteiger partial charge in [0, 0.05) is 11.3 Å². The van der Waals surface area contributed by atoms with Crippen molar-refractivity contribution in [3.8, 4) is 6.07 Å². The van der Waals surface area contributed by atoms with Gasteiger partial charge >= 0.3 is 5.97 Å². The Hall–Kier alpha value is -3.46. The van der Waals surface area contributed by atoms with Gasteiger partial charge in [-0.25, -0.2) is 4.79 Å². The highest BCUT2D eigenvalue weighted by Gasteiger charge is 2.22. The van der Waals surface area contributed by atoms with E-state index in [0.29, 0.717) is 11.3 Å². The average Bonchev–Trinajstić information content (AvgIpc) is 2.64. The van der Waals surface area contributed by atoms with E-state index in [1.54, 1.807) is 13.0 Å². The maximum atomic E-state index is 12.7. The van der Waals surface area contributed by atoms with Gasteiger partial charge in [0.25, 0.3) is 0 Å². The van der Waals surface area contributed by atoms with E-state index < -0.39 is 18.0 Å². The van der Waals surface area contributed by atoms with Gasteiger partial charge in [-0.05, 0) is 74.7 Å². The second-order valence-corrected chi connectivity index (χ2v) is 6.62. The molecular formula is C22H22N2O4. The molecule has 0 fully saturated rings. The minimum absolute atomic E-state index is 0.249. The molecule has 1 atom stereocenters. The van der Waals surface area contributed by atoms with Gasteiger partial charge in [-0.2, -0.15) is 5.26 Å². The highest BCUT2D eigenvalue weighted by atomic mass is 16.5. The summed E-state index contributed by atoms with van der Waals surface area (Å²) in [6.45, 7) is 7.31. The Balaban J connectivity index is 2.06. The molecule has 6 nitrogen and oxygen atoms in total. The number of hydrogen-bond acceptors (Lipinski definition) is 5. The number of benzene rings is 2. The van der Waals surface area contributed by atoms with Gasteiger partial charge in [0.05, 0.1) is 11.6 Å². The van der Waals surface area contributed by atoms with Crippen molar-refractivity contribution in [3.05, 3.63) is 64.2 Å². The van der Waals surface area contributed by atoms with Crippen LogP contribution in [0.2, 0.25) is 0 Å². The average molecular weight is 378 g/mol. The van der Waals surface area contributed by atoms with E-state index >= 15 is 0 Å². The molecule has 0 radical (unpaired) electrons. The molecule has 144 valence electrons. The van der Waals surface area contributed by atoms with Crippen LogP contribution in [0.5, 0.6) is 0 Å². The lowest BCUT2D eigenvalue weighted by molar-refractivity contribution is -0.115. The number of rotatable bonds is 6. The number of aryl methyl sites for hydroxylation is 3. The van der Waals surface area contributed by atoms with Crippen LogP contribution in [0.25, 0.3) is 0 Å². The minimum atomic E-state index is -0.927. The van der Waals surface area contributed by atoms with Crippen LogP contribution >= 0.6 is 0 Å². The molecule has 0 spiro atoms. The summed E-state index contributed by atoms with van der Waals surface area (Å²) in [6, 6.07) is 11.6. The van der Waals surface area contributed by atoms with Gasteiger partial charge in [0.15, 0.2) is 6.10 Å². The lowest BCUT2D eigenvalue weighted by Crippen LogP contribution is -2.25. The summed E-state index contributed by atoms with van der Waals surface area (Å²) >= 11 is 0. The fourth-order valence-corrected chi connectivity index (χ4v) is 2.69. The number of Topliss-reactive ketones (excluding diaryl/α,β-unsaturated/α-hetero) is 1. The monoisotopic (exact) mass is 378 g/mol. The fraction of sp³-hybridized carbons (Fsp3) is 0.273. The van der Waals surface area contributed by atoms with Crippen molar-refractivity contribution in [2.45, 2.75) is 40.2 Å². The molecule has 0 aromatic heterocycles. The number of ketones is 1. The Bertz CT molecular complexity index is 956. The molecule has 2 aromatic carbocycles. The molecule has 28 heavy (non-hydrogen) atoms. The predicted octanol–water partition coefficient (Wildman–Crippen LogP) is 3.89. The number of nitriles is 1. The predicted molar refractivity (Wildman–Crippen MR) is 105 cm³/mol. The highest BCUT2D eigenvalue weighted by Crippen LogP contribution is 2.19. The standard InChI is InChI=1S/C22H22N2O4/c1-13-11-15(3)19(12-14(13)2)21(26)16(4)28-22(27)17-5-7-18(8-6-17)24-20(25)9-10-23/h5-8,11-12,16H,9H2,1-4H3,(H,24,25)/t16-/m0/s1. The van der Waals surface area contributed by atoms with Crippen molar-refractivity contribution < 1.29 is 19.1 Å². The van der Waals surface area contributed by atoms with Crippen LogP contribution < -0.4 is 5.32 Å². The molecule has 0 heterocycles. The largest absolute Gasteiger partial charge is 0.451 e. The van der Waals surface area contributed by atoms with Crippen molar-refractivity contribution in [1.82, 2.24) is 0 Å². The summed E-state index contributed by atoms with van der Waals surface area (Å²) in [6.07, 6.45) is -1.18. The number of nitrogens with zero attached hydrogens (tertiary/aromatic N) is 1. The van der Waals surface area contributed by atoms with Gasteiger partial charge in [0.1, 0.15) is 6.42 Å². The third-order valence-electron chi connectivity index (χ3n) is 4.40. The number of nitrogens with one attached hydrogen (secondary N) is 1. The molecule has 1 N–H and O–H groups in total. The van der Waals surface area contributed by atoms with E-state index in [4.69, 9.17) is 10.00 Å². The number of hydrogen-bond donors (Lipinski definition) is 1. The lowest BCUT2D eigenvalue weighted by atomic mass is 9.96. The molecule has 0 aliphatic rings. The zero-order chi connectivity index (χ0) is 20.8. The van der Waals surface area contributed by atoms with Crippen molar-refractivity contribution in [2.24, 2.45) is 0 Å². The zero-order valence-corrected chi connectivity index (χ0v) is 16.3. The zero-order valence-electron chi connectivity index (χ0n) is 16.3. The topological polar surface area (TPSA) is 96.3 Å². The first-order valence-electron chi connectivity index (χ1n) is 8.83. The summed E-state index contributed by atoms with van der Waals surface area (Å²) in [5.74, 6) is -1.31. The van der Waals surface area contributed by atoms with Gasteiger partial charge in [-0.15, -0.1) is 0 Å². The molecule has 6 heteroatoms. The Morgan fingerprint density at radius 1 is 1.04 bits per heavy atom. The van der Waals surface area contributed by atoms with Gasteiger partial charge < -0.3 is 10.1 Å². The summed E-state index contributed by atoms with van der Waals surface area (Å²) < 4.78 is 5.32. The minimum Gasteiger partial charge on any atom is -0.451 e. The van der Waals surface area contributed by atoms with Crippen molar-refractivity contribution in [1.29, 1.82) is 5.26 Å². The Kier molecular flexibility index (Phi) is 6.67. The summed E-state index contributed by atoms with van der Waals surface area (Å²) in [7, 11) is 0. The number of esters is 1. The van der Waals surface area contributed by atoms with E-state index in [2.05, 4.69) is 5.32 Å². The molecule has 1 amide bonds. The van der Waals surface area contributed by atoms with Gasteiger partial charge in [0.2, 0.25) is 11.7 Å². The lowest BCUT2D eigenvalue weighted by Gasteiger charge is -2.15. The van der Waals surface area contributed by atoms with Crippen LogP contribution in [0.1, 0.15) is 50.8 Å². The number of amides is 1. The third-order valence-corrected chi connectivity index (χ3v) is 4.40. The van der Waals surface area contributed by atoms with Crippen LogP contribution in [0.15, 0.2) is 36.4 Å². The highest BCUT2D eigenvalue weighted by molar-refractivity contribution is 6.02. The number of carbonyl (C=O) groups is 3. The molecule has 0 saturated carbocycles. The van der Waals surface area contributed by atoms with E-state index in [1.165, 1.54) is 24.3 Å². The second kappa shape index (κ2) is 8.96. The quantitative estimate of drug-likeness (QED) is 0.607. The molecule has 0 aliphatic heterocycles. The smallest absolute Gasteiger partial charge is 0.338 e. The molecule has 2 rings (SSSR count). The number of carbonyl (C=O) groups excluding carboxylic acids is 3. The SMILES string of the molecule is Cc1cc(C)c(C(=O)[C@H](C)OC(=O)c2ccc(NC(=O)CC#N)cc2)cc1C. The first kappa shape index (κ1) is 20.8. The normalized spacial score (nSPS) is 11.2. The van der Waals surface area contributed by atoms with Crippen LogP contribution in [-0.4, -0.2) is 23.8 Å². The van der Waals surface area contributed by atoms with Crippen molar-refractivity contribution >= 4 is 23.3 Å². The van der Waals surface area contributed by atoms with Crippen LogP contribution in [0.3, 0.4) is 0 Å². The summed E-state index contributed by atoms with van der Waals surface area (Å²) in [4.78, 5) is 36.4. The summed E-state index contributed by atoms with van der Waals surface area (Å²) in [5.41, 5.74) is 4.20. The van der Waals surface area contributed by atoms with E-state index in [0.717, 1.165) is 16.7 Å². The Labute approximate surface area is 164 Å². The van der Waals surface area contributed by atoms with Gasteiger partial charge in [-0.3, -0.25) is 9.59 Å². The molecular weight excluding hydrogens is 356 g/mol. The summed E-state index contributed by atoms with van der Waals surface area (Å²) in [5, 5.41) is 11.0. The molecule has 0 saturated heterocycles. The van der Waals surface area contributed by atoms with Crippen LogP contribution in [0, 0.1) is 32.1 Å². The first-order valence-corrected chi connectivity index (χ1v) is 8.83. The van der Waals surface area contributed by atoms with Crippen LogP contribution in [0.4, 0.5) is 5.69 Å². The molecule has 2 aromatic rings. The van der Waals surface area contributed by atoms with Crippen LogP contribution in [-0.2, 0) is 9.53 Å². The van der Waals surface area contributed by atoms with E-state index in [9.17, 15) is 14.4 Å². The Morgan fingerprint density at radius 2 is 1.64 bits per heavy atom. The van der Waals surface area contributed by atoms with E-state index in [1.807, 2.05) is 32.9 Å². The maximum absolute atomic E-state index is 12.7. The van der Waals surface area contributed by atoms with Gasteiger partial charge in [-0.1, -0.05) is 6.07 Å². The second-order valence-electron chi connectivity index (χ2n) is 6.62. The van der Waals surface area contributed by atoms with Crippen molar-refractivity contribution in [2.75, 3.05) is 5.32 Å². The maximum Gasteiger partial charge on any atom is 0.338 e. The first-order chi connectivity index (χ1) is 13.2. The third kappa shape index (κ3) is 5.04. The fourth-order valence-electron chi connectivity index (χ4n) is 2.69.